The van der Waals surface area contributed by atoms with E-state index < -0.39 is 46.2 Å². The summed E-state index contributed by atoms with van der Waals surface area (Å²) in [6, 6.07) is 4.99. The van der Waals surface area contributed by atoms with E-state index in [1.807, 2.05) is 0 Å². The molecule has 1 amide bonds. The number of alkyl halides is 3. The van der Waals surface area contributed by atoms with Crippen molar-refractivity contribution in [3.63, 3.8) is 0 Å². The van der Waals surface area contributed by atoms with Crippen molar-refractivity contribution < 1.29 is 36.6 Å². The fraction of sp³-hybridized carbons (Fsp3) is 0.267. The molecule has 0 bridgehead atoms. The maximum atomic E-state index is 13.0. The quantitative estimate of drug-likeness (QED) is 0.602. The van der Waals surface area contributed by atoms with E-state index >= 15 is 0 Å². The van der Waals surface area contributed by atoms with Crippen LogP contribution in [-0.4, -0.2) is 30.1 Å². The van der Waals surface area contributed by atoms with Crippen LogP contribution in [0.2, 0.25) is 0 Å². The molecular formula is C15H12F4N2O4S. The Bertz CT molecular complexity index is 807. The van der Waals surface area contributed by atoms with E-state index in [1.54, 1.807) is 0 Å². The summed E-state index contributed by atoms with van der Waals surface area (Å²) >= 11 is 0.334. The Kier molecular flexibility index (Phi) is 6.14. The molecule has 0 aliphatic carbocycles. The Morgan fingerprint density at radius 3 is 2.65 bits per heavy atom. The summed E-state index contributed by atoms with van der Waals surface area (Å²) in [4.78, 5) is 25.9. The van der Waals surface area contributed by atoms with Crippen LogP contribution in [-0.2, 0) is 15.7 Å². The fourth-order valence-corrected chi connectivity index (χ4v) is 2.66. The number of nitrogens with zero attached hydrogens (tertiary/aromatic N) is 1. The second kappa shape index (κ2) is 8.13. The van der Waals surface area contributed by atoms with Crippen molar-refractivity contribution >= 4 is 28.3 Å². The number of thiazole rings is 1. The number of hydrogen-bond donors (Lipinski definition) is 1. The summed E-state index contributed by atoms with van der Waals surface area (Å²) in [5.74, 6) is -2.51. The lowest BCUT2D eigenvalue weighted by molar-refractivity contribution is -0.141. The zero-order valence-corrected chi connectivity index (χ0v) is 14.0. The fourth-order valence-electron chi connectivity index (χ4n) is 1.76. The molecule has 1 N–H and O–H groups in total. The van der Waals surface area contributed by atoms with Gasteiger partial charge in [0.25, 0.3) is 5.91 Å². The molecule has 0 saturated carbocycles. The third kappa shape index (κ3) is 5.15. The maximum absolute atomic E-state index is 13.0. The van der Waals surface area contributed by atoms with E-state index in [0.29, 0.717) is 11.3 Å². The van der Waals surface area contributed by atoms with Crippen LogP contribution >= 0.6 is 11.3 Å². The molecule has 1 aromatic carbocycles. The average Bonchev–Trinajstić information content (AvgIpc) is 2.97. The molecule has 0 atom stereocenters. The van der Waals surface area contributed by atoms with Gasteiger partial charge in [0.05, 0.1) is 6.61 Å². The number of ether oxygens (including phenoxy) is 2. The van der Waals surface area contributed by atoms with Gasteiger partial charge in [0.2, 0.25) is 0 Å². The van der Waals surface area contributed by atoms with Crippen LogP contribution in [0.5, 0.6) is 5.75 Å². The molecule has 26 heavy (non-hydrogen) atoms. The van der Waals surface area contributed by atoms with E-state index in [1.165, 1.54) is 25.1 Å². The number of carbonyl (C=O) groups is 2. The topological polar surface area (TPSA) is 77.5 Å². The minimum absolute atomic E-state index is 0.0717. The minimum atomic E-state index is -4.89. The molecule has 1 aromatic heterocycles. The molecule has 0 unspecified atom stereocenters. The number of halogens is 4. The van der Waals surface area contributed by atoms with Gasteiger partial charge >= 0.3 is 12.1 Å². The SMILES string of the molecule is CCOC(=O)c1sc(NC(=O)COc2cccc(F)c2)nc1C(F)(F)F. The van der Waals surface area contributed by atoms with Crippen LogP contribution in [0, 0.1) is 5.82 Å². The lowest BCUT2D eigenvalue weighted by Crippen LogP contribution is -2.20. The smallest absolute Gasteiger partial charge is 0.435 e. The summed E-state index contributed by atoms with van der Waals surface area (Å²) in [5.41, 5.74) is -1.44. The van der Waals surface area contributed by atoms with Gasteiger partial charge in [-0.25, -0.2) is 14.2 Å². The molecule has 2 rings (SSSR count). The Hall–Kier alpha value is -2.69. The van der Waals surface area contributed by atoms with Crippen molar-refractivity contribution in [3.05, 3.63) is 40.7 Å². The lowest BCUT2D eigenvalue weighted by Gasteiger charge is -2.05. The zero-order valence-electron chi connectivity index (χ0n) is 13.2. The third-order valence-electron chi connectivity index (χ3n) is 2.77. The van der Waals surface area contributed by atoms with Crippen molar-refractivity contribution in [1.82, 2.24) is 4.98 Å². The highest BCUT2D eigenvalue weighted by Crippen LogP contribution is 2.36. The van der Waals surface area contributed by atoms with Gasteiger partial charge in [-0.1, -0.05) is 17.4 Å². The molecule has 0 aliphatic rings. The standard InChI is InChI=1S/C15H12F4N2O4S/c1-2-24-13(23)11-12(15(17,18)19)21-14(26-11)20-10(22)7-25-9-5-3-4-8(16)6-9/h3-6H,2,7H2,1H3,(H,20,21,22). The normalized spacial score (nSPS) is 11.1. The molecule has 0 aliphatic heterocycles. The molecule has 2 aromatic rings. The summed E-state index contributed by atoms with van der Waals surface area (Å²) in [6.07, 6.45) is -4.89. The molecule has 11 heteroatoms. The molecule has 0 saturated heterocycles. The summed E-state index contributed by atoms with van der Waals surface area (Å²) < 4.78 is 61.5. The highest BCUT2D eigenvalue weighted by atomic mass is 32.1. The largest absolute Gasteiger partial charge is 0.484 e. The maximum Gasteiger partial charge on any atom is 0.435 e. The van der Waals surface area contributed by atoms with Crippen LogP contribution in [0.15, 0.2) is 24.3 Å². The second-order valence-corrected chi connectivity index (χ2v) is 5.71. The van der Waals surface area contributed by atoms with Crippen LogP contribution in [0.25, 0.3) is 0 Å². The second-order valence-electron chi connectivity index (χ2n) is 4.71. The summed E-state index contributed by atoms with van der Waals surface area (Å²) in [7, 11) is 0. The molecule has 1 heterocycles. The highest BCUT2D eigenvalue weighted by molar-refractivity contribution is 7.17. The first-order chi connectivity index (χ1) is 12.2. The Labute approximate surface area is 148 Å². The van der Waals surface area contributed by atoms with Gasteiger partial charge in [-0.3, -0.25) is 10.1 Å². The third-order valence-corrected chi connectivity index (χ3v) is 3.72. The van der Waals surface area contributed by atoms with Crippen molar-refractivity contribution in [3.8, 4) is 5.75 Å². The number of hydrogen-bond acceptors (Lipinski definition) is 6. The van der Waals surface area contributed by atoms with E-state index in [4.69, 9.17) is 4.74 Å². The van der Waals surface area contributed by atoms with Crippen LogP contribution in [0.1, 0.15) is 22.3 Å². The number of esters is 1. The predicted octanol–water partition coefficient (Wildman–Crippen LogP) is 3.50. The van der Waals surface area contributed by atoms with Crippen molar-refractivity contribution in [2.45, 2.75) is 13.1 Å². The monoisotopic (exact) mass is 392 g/mol. The molecule has 0 spiro atoms. The molecular weight excluding hydrogens is 380 g/mol. The number of nitrogens with one attached hydrogen (secondary N) is 1. The number of aromatic nitrogens is 1. The number of amides is 1. The van der Waals surface area contributed by atoms with Crippen molar-refractivity contribution in [1.29, 1.82) is 0 Å². The first-order valence-corrected chi connectivity index (χ1v) is 7.95. The lowest BCUT2D eigenvalue weighted by atomic mass is 10.3. The summed E-state index contributed by atoms with van der Waals surface area (Å²) in [5, 5.41) is 1.66. The van der Waals surface area contributed by atoms with Crippen LogP contribution in [0.4, 0.5) is 22.7 Å². The number of rotatable bonds is 6. The average molecular weight is 392 g/mol. The Morgan fingerprint density at radius 1 is 1.31 bits per heavy atom. The van der Waals surface area contributed by atoms with E-state index in [2.05, 4.69) is 15.0 Å². The van der Waals surface area contributed by atoms with Crippen LogP contribution in [0.3, 0.4) is 0 Å². The van der Waals surface area contributed by atoms with Gasteiger partial charge in [0.1, 0.15) is 16.4 Å². The minimum Gasteiger partial charge on any atom is -0.484 e. The van der Waals surface area contributed by atoms with Crippen molar-refractivity contribution in [2.24, 2.45) is 0 Å². The van der Waals surface area contributed by atoms with E-state index in [9.17, 15) is 27.2 Å². The van der Waals surface area contributed by atoms with Crippen molar-refractivity contribution in [2.75, 3.05) is 18.5 Å². The first-order valence-electron chi connectivity index (χ1n) is 7.14. The molecule has 0 radical (unpaired) electrons. The predicted molar refractivity (Wildman–Crippen MR) is 83.6 cm³/mol. The first kappa shape index (κ1) is 19.6. The summed E-state index contributed by atoms with van der Waals surface area (Å²) in [6.45, 7) is 0.745. The Balaban J connectivity index is 2.08. The van der Waals surface area contributed by atoms with Crippen LogP contribution < -0.4 is 10.1 Å². The Morgan fingerprint density at radius 2 is 2.04 bits per heavy atom. The molecule has 0 fully saturated rings. The number of carbonyl (C=O) groups excluding carboxylic acids is 2. The van der Waals surface area contributed by atoms with Gasteiger partial charge < -0.3 is 9.47 Å². The van der Waals surface area contributed by atoms with Gasteiger partial charge in [-0.2, -0.15) is 13.2 Å². The van der Waals surface area contributed by atoms with E-state index in [0.717, 1.165) is 6.07 Å². The van der Waals surface area contributed by atoms with Gasteiger partial charge in [0, 0.05) is 6.07 Å². The van der Waals surface area contributed by atoms with E-state index in [-0.39, 0.29) is 12.4 Å². The van der Waals surface area contributed by atoms with Gasteiger partial charge in [-0.15, -0.1) is 0 Å². The zero-order chi connectivity index (χ0) is 19.3. The number of anilines is 1. The number of benzene rings is 1. The van der Waals surface area contributed by atoms with Gasteiger partial charge in [0.15, 0.2) is 17.4 Å². The molecule has 6 nitrogen and oxygen atoms in total. The molecule has 140 valence electrons. The van der Waals surface area contributed by atoms with Gasteiger partial charge in [-0.05, 0) is 19.1 Å². The highest BCUT2D eigenvalue weighted by Gasteiger charge is 2.40.